The third kappa shape index (κ3) is 3.62. The van der Waals surface area contributed by atoms with Gasteiger partial charge >= 0.3 is 0 Å². The summed E-state index contributed by atoms with van der Waals surface area (Å²) in [5.74, 6) is 0. The number of piperidine rings is 1. The Kier molecular flexibility index (Phi) is 4.52. The van der Waals surface area contributed by atoms with E-state index in [1.807, 2.05) is 0 Å². The Morgan fingerprint density at radius 2 is 2.20 bits per heavy atom. The van der Waals surface area contributed by atoms with Crippen LogP contribution in [0.25, 0.3) is 0 Å². The summed E-state index contributed by atoms with van der Waals surface area (Å²) in [6, 6.07) is 5.16. The predicted octanol–water partition coefficient (Wildman–Crippen LogP) is 0.812. The number of hydrogen-bond acceptors (Lipinski definition) is 5. The van der Waals surface area contributed by atoms with Crippen LogP contribution in [0.15, 0.2) is 23.1 Å². The zero-order valence-corrected chi connectivity index (χ0v) is 12.5. The molecule has 20 heavy (non-hydrogen) atoms. The maximum Gasteiger partial charge on any atom is 0.240 e. The van der Waals surface area contributed by atoms with Crippen LogP contribution in [0.2, 0.25) is 0 Å². The average Bonchev–Trinajstić information content (AvgIpc) is 2.37. The largest absolute Gasteiger partial charge is 0.398 e. The number of nitrogens with zero attached hydrogens (tertiary/aromatic N) is 1. The second-order valence-electron chi connectivity index (χ2n) is 5.17. The maximum absolute atomic E-state index is 11.3. The monoisotopic (exact) mass is 298 g/mol. The van der Waals surface area contributed by atoms with Crippen molar-refractivity contribution < 1.29 is 8.42 Å². The highest BCUT2D eigenvalue weighted by molar-refractivity contribution is 7.89. The molecule has 5 N–H and O–H groups in total. The molecule has 1 atom stereocenters. The van der Waals surface area contributed by atoms with E-state index < -0.39 is 10.0 Å². The van der Waals surface area contributed by atoms with Crippen LogP contribution in [-0.2, 0) is 10.0 Å². The lowest BCUT2D eigenvalue weighted by Crippen LogP contribution is -2.41. The van der Waals surface area contributed by atoms with Crippen molar-refractivity contribution in [2.75, 3.05) is 30.7 Å². The van der Waals surface area contributed by atoms with Gasteiger partial charge < -0.3 is 16.0 Å². The van der Waals surface area contributed by atoms with E-state index in [4.69, 9.17) is 10.9 Å². The van der Waals surface area contributed by atoms with Crippen molar-refractivity contribution in [1.29, 1.82) is 0 Å². The summed E-state index contributed by atoms with van der Waals surface area (Å²) < 4.78 is 22.6. The molecule has 0 aliphatic carbocycles. The van der Waals surface area contributed by atoms with E-state index in [0.717, 1.165) is 38.2 Å². The molecule has 1 unspecified atom stereocenters. The molecule has 0 radical (unpaired) electrons. The molecule has 0 saturated carbocycles. The van der Waals surface area contributed by atoms with Crippen LogP contribution >= 0.6 is 0 Å². The van der Waals surface area contributed by atoms with Crippen molar-refractivity contribution in [3.05, 3.63) is 18.2 Å². The highest BCUT2D eigenvalue weighted by Crippen LogP contribution is 2.23. The average molecular weight is 298 g/mol. The summed E-state index contributed by atoms with van der Waals surface area (Å²) in [6.07, 6.45) is 2.27. The van der Waals surface area contributed by atoms with Gasteiger partial charge in [0.15, 0.2) is 0 Å². The number of benzene rings is 1. The van der Waals surface area contributed by atoms with Crippen molar-refractivity contribution in [3.63, 3.8) is 0 Å². The number of nitrogens with one attached hydrogen (secondary N) is 1. The van der Waals surface area contributed by atoms with Gasteiger partial charge in [0.05, 0.1) is 5.69 Å². The predicted molar refractivity (Wildman–Crippen MR) is 81.0 cm³/mol. The van der Waals surface area contributed by atoms with Crippen molar-refractivity contribution in [2.45, 2.75) is 30.7 Å². The van der Waals surface area contributed by atoms with Gasteiger partial charge in [-0.15, -0.1) is 0 Å². The Hall–Kier alpha value is -1.31. The minimum absolute atomic E-state index is 0.0260. The highest BCUT2D eigenvalue weighted by Gasteiger charge is 2.19. The molecular formula is C13H22N4O2S. The summed E-state index contributed by atoms with van der Waals surface area (Å²) in [5, 5.41) is 8.50. The number of primary sulfonamides is 1. The van der Waals surface area contributed by atoms with Crippen LogP contribution in [0.1, 0.15) is 19.8 Å². The summed E-state index contributed by atoms with van der Waals surface area (Å²) in [7, 11) is -3.76. The molecule has 1 heterocycles. The second-order valence-corrected chi connectivity index (χ2v) is 6.70. The van der Waals surface area contributed by atoms with Crippen LogP contribution in [0.4, 0.5) is 11.4 Å². The number of sulfonamides is 1. The number of nitrogen functional groups attached to an aromatic ring is 1. The lowest BCUT2D eigenvalue weighted by atomic mass is 10.1. The van der Waals surface area contributed by atoms with Gasteiger partial charge in [0.2, 0.25) is 10.0 Å². The molecule has 1 aromatic carbocycles. The summed E-state index contributed by atoms with van der Waals surface area (Å²) in [4.78, 5) is 2.37. The fourth-order valence-corrected chi connectivity index (χ4v) is 3.24. The lowest BCUT2D eigenvalue weighted by Gasteiger charge is -2.32. The number of nitrogens with two attached hydrogens (primary N) is 2. The first kappa shape index (κ1) is 15.1. The van der Waals surface area contributed by atoms with Crippen molar-refractivity contribution in [2.24, 2.45) is 5.14 Å². The van der Waals surface area contributed by atoms with Gasteiger partial charge in [0, 0.05) is 18.3 Å². The minimum Gasteiger partial charge on any atom is -0.398 e. The van der Waals surface area contributed by atoms with Gasteiger partial charge in [0.25, 0.3) is 0 Å². The fraction of sp³-hybridized carbons (Fsp3) is 0.538. The highest BCUT2D eigenvalue weighted by atomic mass is 32.2. The molecule has 112 valence electrons. The van der Waals surface area contributed by atoms with Gasteiger partial charge in [-0.1, -0.05) is 6.92 Å². The van der Waals surface area contributed by atoms with E-state index >= 15 is 0 Å². The first-order valence-electron chi connectivity index (χ1n) is 6.81. The number of rotatable bonds is 4. The fourth-order valence-electron chi connectivity index (χ4n) is 2.59. The number of likely N-dealkylation sites (tertiary alicyclic amines) is 1. The van der Waals surface area contributed by atoms with E-state index in [1.54, 1.807) is 12.1 Å². The zero-order chi connectivity index (χ0) is 14.8. The van der Waals surface area contributed by atoms with Crippen LogP contribution in [0.5, 0.6) is 0 Å². The Bertz CT molecular complexity index is 574. The summed E-state index contributed by atoms with van der Waals surface area (Å²) in [6.45, 7) is 5.33. The third-order valence-electron chi connectivity index (χ3n) is 3.64. The van der Waals surface area contributed by atoms with Gasteiger partial charge in [0.1, 0.15) is 4.90 Å². The molecule has 0 amide bonds. The number of likely N-dealkylation sites (N-methyl/N-ethyl adjacent to an activating group) is 1. The Balaban J connectivity index is 2.09. The van der Waals surface area contributed by atoms with Gasteiger partial charge in [-0.2, -0.15) is 0 Å². The molecule has 1 aliphatic rings. The van der Waals surface area contributed by atoms with Crippen molar-refractivity contribution in [3.8, 4) is 0 Å². The van der Waals surface area contributed by atoms with E-state index in [2.05, 4.69) is 17.1 Å². The Labute approximate surface area is 120 Å². The van der Waals surface area contributed by atoms with Crippen LogP contribution in [0.3, 0.4) is 0 Å². The number of anilines is 2. The molecular weight excluding hydrogens is 276 g/mol. The van der Waals surface area contributed by atoms with Crippen LogP contribution in [-0.4, -0.2) is 39.0 Å². The molecule has 1 aromatic rings. The smallest absolute Gasteiger partial charge is 0.240 e. The van der Waals surface area contributed by atoms with Crippen molar-refractivity contribution >= 4 is 21.4 Å². The van der Waals surface area contributed by atoms with E-state index in [-0.39, 0.29) is 10.6 Å². The second kappa shape index (κ2) is 5.99. The normalized spacial score (nSPS) is 20.8. The third-order valence-corrected chi connectivity index (χ3v) is 4.62. The zero-order valence-electron chi connectivity index (χ0n) is 11.7. The van der Waals surface area contributed by atoms with Gasteiger partial charge in [-0.3, -0.25) is 0 Å². The SMILES string of the molecule is CCN1CCCC(Nc2ccc(S(N)(=O)=O)c(N)c2)C1. The topological polar surface area (TPSA) is 101 Å². The molecule has 1 fully saturated rings. The number of hydrogen-bond donors (Lipinski definition) is 3. The van der Waals surface area contributed by atoms with Gasteiger partial charge in [-0.25, -0.2) is 13.6 Å². The molecule has 6 nitrogen and oxygen atoms in total. The molecule has 0 aromatic heterocycles. The van der Waals surface area contributed by atoms with E-state index in [9.17, 15) is 8.42 Å². The molecule has 7 heteroatoms. The quantitative estimate of drug-likeness (QED) is 0.714. The van der Waals surface area contributed by atoms with Crippen LogP contribution < -0.4 is 16.2 Å². The van der Waals surface area contributed by atoms with E-state index in [0.29, 0.717) is 6.04 Å². The lowest BCUT2D eigenvalue weighted by molar-refractivity contribution is 0.227. The Morgan fingerprint density at radius 3 is 2.80 bits per heavy atom. The van der Waals surface area contributed by atoms with Crippen molar-refractivity contribution in [1.82, 2.24) is 4.90 Å². The molecule has 0 spiro atoms. The maximum atomic E-state index is 11.3. The Morgan fingerprint density at radius 1 is 1.45 bits per heavy atom. The van der Waals surface area contributed by atoms with E-state index in [1.165, 1.54) is 6.07 Å². The first-order chi connectivity index (χ1) is 9.40. The molecule has 1 saturated heterocycles. The summed E-state index contributed by atoms with van der Waals surface area (Å²) in [5.41, 5.74) is 6.77. The molecule has 2 rings (SSSR count). The first-order valence-corrected chi connectivity index (χ1v) is 8.36. The standard InChI is InChI=1S/C13H22N4O2S/c1-2-17-7-3-4-11(9-17)16-10-5-6-13(12(14)8-10)20(15,18)19/h5-6,8,11,16H,2-4,7,9,14H2,1H3,(H2,15,18,19). The summed E-state index contributed by atoms with van der Waals surface area (Å²) >= 11 is 0. The van der Waals surface area contributed by atoms with Crippen LogP contribution in [0, 0.1) is 0 Å². The molecule has 0 bridgehead atoms. The minimum atomic E-state index is -3.76. The van der Waals surface area contributed by atoms with Gasteiger partial charge in [-0.05, 0) is 44.1 Å². The molecule has 1 aliphatic heterocycles.